The predicted molar refractivity (Wildman–Crippen MR) is 117 cm³/mol. The monoisotopic (exact) mass is 482 g/mol. The summed E-state index contributed by atoms with van der Waals surface area (Å²) in [5, 5.41) is 0.450. The Morgan fingerprint density at radius 1 is 1.00 bits per heavy atom. The molecule has 0 radical (unpaired) electrons. The minimum absolute atomic E-state index is 0.151. The second-order valence-corrected chi connectivity index (χ2v) is 9.26. The second-order valence-electron chi connectivity index (χ2n) is 6.88. The molecule has 1 saturated heterocycles. The van der Waals surface area contributed by atoms with Crippen LogP contribution >= 0.6 is 11.6 Å². The van der Waals surface area contributed by atoms with E-state index in [4.69, 9.17) is 25.8 Å². The van der Waals surface area contributed by atoms with Crippen LogP contribution in [-0.4, -0.2) is 76.5 Å². The molecule has 0 aliphatic carbocycles. The summed E-state index contributed by atoms with van der Waals surface area (Å²) in [6.07, 6.45) is 0. The van der Waals surface area contributed by atoms with Crippen LogP contribution in [0.2, 0.25) is 5.02 Å². The minimum Gasteiger partial charge on any atom is -0.497 e. The molecule has 1 aliphatic rings. The first-order valence-electron chi connectivity index (χ1n) is 9.69. The van der Waals surface area contributed by atoms with E-state index in [2.05, 4.69) is 0 Å². The van der Waals surface area contributed by atoms with Crippen LogP contribution in [0.25, 0.3) is 0 Å². The lowest BCUT2D eigenvalue weighted by Crippen LogP contribution is -2.51. The summed E-state index contributed by atoms with van der Waals surface area (Å²) in [4.78, 5) is 26.2. The third-order valence-corrected chi connectivity index (χ3v) is 7.15. The highest BCUT2D eigenvalue weighted by molar-refractivity contribution is 7.89. The molecule has 2 aromatic carbocycles. The average molecular weight is 483 g/mol. The Kier molecular flexibility index (Phi) is 7.60. The smallest absolute Gasteiger partial charge is 0.341 e. The van der Waals surface area contributed by atoms with Gasteiger partial charge in [0.05, 0.1) is 19.1 Å². The fraction of sp³-hybridized carbons (Fsp3) is 0.333. The zero-order valence-corrected chi connectivity index (χ0v) is 19.2. The summed E-state index contributed by atoms with van der Waals surface area (Å²) in [5.41, 5.74) is 0.167. The Morgan fingerprint density at radius 3 is 2.25 bits per heavy atom. The Labute approximate surface area is 191 Å². The Morgan fingerprint density at radius 2 is 1.66 bits per heavy atom. The van der Waals surface area contributed by atoms with Crippen molar-refractivity contribution in [3.8, 4) is 11.5 Å². The van der Waals surface area contributed by atoms with E-state index in [1.165, 1.54) is 59.8 Å². The molecule has 0 N–H and O–H groups in total. The minimum atomic E-state index is -3.67. The van der Waals surface area contributed by atoms with Crippen LogP contribution in [0, 0.1) is 0 Å². The van der Waals surface area contributed by atoms with Crippen molar-refractivity contribution in [3.63, 3.8) is 0 Å². The molecule has 32 heavy (non-hydrogen) atoms. The number of rotatable bonds is 7. The first-order valence-corrected chi connectivity index (χ1v) is 11.5. The number of hydrogen-bond acceptors (Lipinski definition) is 7. The predicted octanol–water partition coefficient (Wildman–Crippen LogP) is 2.05. The van der Waals surface area contributed by atoms with Gasteiger partial charge in [0, 0.05) is 37.3 Å². The summed E-state index contributed by atoms with van der Waals surface area (Å²) < 4.78 is 42.3. The molecule has 0 spiro atoms. The second kappa shape index (κ2) is 10.2. The van der Waals surface area contributed by atoms with E-state index in [1.54, 1.807) is 6.07 Å². The van der Waals surface area contributed by atoms with E-state index in [0.717, 1.165) is 0 Å². The molecule has 3 rings (SSSR count). The molecule has 11 heteroatoms. The van der Waals surface area contributed by atoms with Gasteiger partial charge in [0.15, 0.2) is 6.61 Å². The lowest BCUT2D eigenvalue weighted by molar-refractivity contribution is -0.134. The van der Waals surface area contributed by atoms with Crippen LogP contribution in [0.5, 0.6) is 11.5 Å². The van der Waals surface area contributed by atoms with Crippen molar-refractivity contribution in [2.45, 2.75) is 4.90 Å². The largest absolute Gasteiger partial charge is 0.497 e. The number of benzene rings is 2. The molecule has 172 valence electrons. The van der Waals surface area contributed by atoms with Gasteiger partial charge in [-0.3, -0.25) is 4.79 Å². The van der Waals surface area contributed by atoms with Crippen LogP contribution in [0.15, 0.2) is 47.4 Å². The maximum atomic E-state index is 12.8. The standard InChI is InChI=1S/C21H23ClN2O7S/c1-29-16-5-8-18(21(26)30-2)19(13-16)31-14-20(25)23-9-11-24(12-10-23)32(27,28)17-6-3-15(22)4-7-17/h3-8,13H,9-12,14H2,1-2H3. The normalized spacial score (nSPS) is 14.7. The van der Waals surface area contributed by atoms with Crippen molar-refractivity contribution in [2.75, 3.05) is 47.0 Å². The van der Waals surface area contributed by atoms with Crippen LogP contribution in [0.1, 0.15) is 10.4 Å². The molecule has 0 aromatic heterocycles. The van der Waals surface area contributed by atoms with Crippen molar-refractivity contribution < 1.29 is 32.2 Å². The Balaban J connectivity index is 1.61. The Bertz CT molecular complexity index is 1080. The molecule has 2 aromatic rings. The molecule has 1 heterocycles. The molecule has 0 atom stereocenters. The molecule has 1 fully saturated rings. The maximum Gasteiger partial charge on any atom is 0.341 e. The molecule has 1 amide bonds. The topological polar surface area (TPSA) is 102 Å². The number of nitrogens with zero attached hydrogens (tertiary/aromatic N) is 2. The first-order chi connectivity index (χ1) is 15.3. The van der Waals surface area contributed by atoms with E-state index < -0.39 is 16.0 Å². The summed E-state index contributed by atoms with van der Waals surface area (Å²) >= 11 is 5.83. The zero-order valence-electron chi connectivity index (χ0n) is 17.6. The van der Waals surface area contributed by atoms with Crippen molar-refractivity contribution in [1.29, 1.82) is 0 Å². The van der Waals surface area contributed by atoms with Gasteiger partial charge in [-0.15, -0.1) is 0 Å². The molecule has 9 nitrogen and oxygen atoms in total. The van der Waals surface area contributed by atoms with Gasteiger partial charge >= 0.3 is 5.97 Å². The molecular formula is C21H23ClN2O7S. The van der Waals surface area contributed by atoms with Gasteiger partial charge in [0.1, 0.15) is 17.1 Å². The molecule has 1 aliphatic heterocycles. The van der Waals surface area contributed by atoms with E-state index in [9.17, 15) is 18.0 Å². The first kappa shape index (κ1) is 23.8. The highest BCUT2D eigenvalue weighted by atomic mass is 35.5. The third kappa shape index (κ3) is 5.32. The maximum absolute atomic E-state index is 12.8. The van der Waals surface area contributed by atoms with Gasteiger partial charge in [0.2, 0.25) is 10.0 Å². The SMILES string of the molecule is COC(=O)c1ccc(OC)cc1OCC(=O)N1CCN(S(=O)(=O)c2ccc(Cl)cc2)CC1. The highest BCUT2D eigenvalue weighted by Gasteiger charge is 2.30. The fourth-order valence-corrected chi connectivity index (χ4v) is 4.74. The highest BCUT2D eigenvalue weighted by Crippen LogP contribution is 2.26. The zero-order chi connectivity index (χ0) is 23.3. The molecular weight excluding hydrogens is 460 g/mol. The number of ether oxygens (including phenoxy) is 3. The van der Waals surface area contributed by atoms with Gasteiger partial charge in [-0.05, 0) is 36.4 Å². The van der Waals surface area contributed by atoms with E-state index in [0.29, 0.717) is 10.8 Å². The lowest BCUT2D eigenvalue weighted by atomic mass is 10.2. The van der Waals surface area contributed by atoms with Gasteiger partial charge in [-0.1, -0.05) is 11.6 Å². The fourth-order valence-electron chi connectivity index (χ4n) is 3.19. The number of methoxy groups -OCH3 is 2. The third-order valence-electron chi connectivity index (χ3n) is 4.99. The molecule has 0 bridgehead atoms. The number of carbonyl (C=O) groups excluding carboxylic acids is 2. The summed E-state index contributed by atoms with van der Waals surface area (Å²) in [7, 11) is -0.948. The van der Waals surface area contributed by atoms with E-state index in [-0.39, 0.29) is 54.9 Å². The summed E-state index contributed by atoms with van der Waals surface area (Å²) in [5.74, 6) is -0.307. The van der Waals surface area contributed by atoms with Crippen LogP contribution < -0.4 is 9.47 Å². The van der Waals surface area contributed by atoms with Gasteiger partial charge in [-0.25, -0.2) is 13.2 Å². The number of hydrogen-bond donors (Lipinski definition) is 0. The Hall–Kier alpha value is -2.82. The van der Waals surface area contributed by atoms with Crippen LogP contribution in [0.3, 0.4) is 0 Å². The van der Waals surface area contributed by atoms with Crippen molar-refractivity contribution >= 4 is 33.5 Å². The van der Waals surface area contributed by atoms with Gasteiger partial charge in [-0.2, -0.15) is 4.31 Å². The van der Waals surface area contributed by atoms with E-state index in [1.807, 2.05) is 0 Å². The van der Waals surface area contributed by atoms with Crippen LogP contribution in [0.4, 0.5) is 0 Å². The van der Waals surface area contributed by atoms with Crippen LogP contribution in [-0.2, 0) is 19.6 Å². The molecule has 0 unspecified atom stereocenters. The average Bonchev–Trinajstić information content (AvgIpc) is 2.82. The van der Waals surface area contributed by atoms with Crippen molar-refractivity contribution in [1.82, 2.24) is 9.21 Å². The van der Waals surface area contributed by atoms with Gasteiger partial charge in [0.25, 0.3) is 5.91 Å². The number of carbonyl (C=O) groups is 2. The van der Waals surface area contributed by atoms with Gasteiger partial charge < -0.3 is 19.1 Å². The quantitative estimate of drug-likeness (QED) is 0.556. The number of halogens is 1. The number of amides is 1. The lowest BCUT2D eigenvalue weighted by Gasteiger charge is -2.34. The van der Waals surface area contributed by atoms with E-state index >= 15 is 0 Å². The number of sulfonamides is 1. The number of esters is 1. The van der Waals surface area contributed by atoms with Crippen molar-refractivity contribution in [3.05, 3.63) is 53.1 Å². The summed E-state index contributed by atoms with van der Waals surface area (Å²) in [6, 6.07) is 10.5. The van der Waals surface area contributed by atoms with Crippen molar-refractivity contribution in [2.24, 2.45) is 0 Å². The summed E-state index contributed by atoms with van der Waals surface area (Å²) in [6.45, 7) is 0.432. The number of piperazine rings is 1. The molecule has 0 saturated carbocycles.